The Labute approximate surface area is 140 Å². The summed E-state index contributed by atoms with van der Waals surface area (Å²) in [6.45, 7) is 2.02. The largest absolute Gasteiger partial charge is 0.380 e. The summed E-state index contributed by atoms with van der Waals surface area (Å²) >= 11 is 0. The maximum atomic E-state index is 13.3. The first-order valence-corrected chi connectivity index (χ1v) is 8.08. The highest BCUT2D eigenvalue weighted by Crippen LogP contribution is 2.51. The molecule has 2 aromatic carbocycles. The summed E-state index contributed by atoms with van der Waals surface area (Å²) in [7, 11) is 0. The summed E-state index contributed by atoms with van der Waals surface area (Å²) < 4.78 is 13.3. The van der Waals surface area contributed by atoms with Crippen LogP contribution in [0.5, 0.6) is 0 Å². The van der Waals surface area contributed by atoms with Gasteiger partial charge >= 0.3 is 0 Å². The van der Waals surface area contributed by atoms with Gasteiger partial charge in [-0.25, -0.2) is 4.39 Å². The Hall–Kier alpha value is -2.52. The molecule has 1 N–H and O–H groups in total. The molecule has 0 saturated heterocycles. The third-order valence-corrected chi connectivity index (χ3v) is 5.02. The van der Waals surface area contributed by atoms with Gasteiger partial charge in [-0.2, -0.15) is 0 Å². The van der Waals surface area contributed by atoms with Crippen molar-refractivity contribution in [1.82, 2.24) is 4.98 Å². The van der Waals surface area contributed by atoms with Crippen LogP contribution in [0.2, 0.25) is 0 Å². The lowest BCUT2D eigenvalue weighted by Gasteiger charge is -2.26. The highest BCUT2D eigenvalue weighted by Gasteiger charge is 2.45. The summed E-state index contributed by atoms with van der Waals surface area (Å²) in [4.78, 5) is 4.09. The summed E-state index contributed by atoms with van der Waals surface area (Å²) in [6, 6.07) is 16.3. The Kier molecular flexibility index (Phi) is 3.47. The van der Waals surface area contributed by atoms with E-state index >= 15 is 0 Å². The van der Waals surface area contributed by atoms with Crippen LogP contribution in [-0.2, 0) is 5.60 Å². The molecule has 0 bridgehead atoms. The molecule has 0 spiro atoms. The van der Waals surface area contributed by atoms with Gasteiger partial charge in [0.15, 0.2) is 0 Å². The van der Waals surface area contributed by atoms with E-state index in [2.05, 4.69) is 11.1 Å². The van der Waals surface area contributed by atoms with Crippen LogP contribution in [-0.4, -0.2) is 10.1 Å². The molecule has 0 radical (unpaired) electrons. The zero-order chi connectivity index (χ0) is 16.7. The van der Waals surface area contributed by atoms with Crippen LogP contribution in [0.3, 0.4) is 0 Å². The molecule has 4 rings (SSSR count). The minimum Gasteiger partial charge on any atom is -0.380 e. The average molecular weight is 319 g/mol. The van der Waals surface area contributed by atoms with Crippen molar-refractivity contribution in [2.75, 3.05) is 0 Å². The third kappa shape index (κ3) is 2.24. The predicted molar refractivity (Wildman–Crippen MR) is 91.3 cm³/mol. The molecule has 1 aliphatic carbocycles. The zero-order valence-electron chi connectivity index (χ0n) is 13.4. The first kappa shape index (κ1) is 15.0. The molecule has 0 saturated carbocycles. The lowest BCUT2D eigenvalue weighted by Crippen LogP contribution is -2.25. The van der Waals surface area contributed by atoms with Crippen LogP contribution >= 0.6 is 0 Å². The van der Waals surface area contributed by atoms with Crippen LogP contribution < -0.4 is 0 Å². The lowest BCUT2D eigenvalue weighted by atomic mass is 9.85. The van der Waals surface area contributed by atoms with Gasteiger partial charge in [0.25, 0.3) is 0 Å². The molecule has 3 heteroatoms. The molecule has 0 aliphatic heterocycles. The number of pyridine rings is 1. The van der Waals surface area contributed by atoms with E-state index in [1.165, 1.54) is 12.1 Å². The number of benzene rings is 2. The zero-order valence-corrected chi connectivity index (χ0v) is 13.4. The summed E-state index contributed by atoms with van der Waals surface area (Å²) in [5, 5.41) is 11.6. The molecule has 0 amide bonds. The minimum absolute atomic E-state index is 0.0953. The molecule has 1 aliphatic rings. The third-order valence-electron chi connectivity index (χ3n) is 5.02. The number of rotatable bonds is 2. The van der Waals surface area contributed by atoms with E-state index in [1.807, 2.05) is 31.2 Å². The second-order valence-corrected chi connectivity index (χ2v) is 6.44. The molecule has 3 aromatic rings. The number of halogens is 1. The number of hydrogen-bond donors (Lipinski definition) is 1. The fourth-order valence-electron chi connectivity index (χ4n) is 3.93. The van der Waals surface area contributed by atoms with Crippen molar-refractivity contribution in [3.8, 4) is 0 Å². The van der Waals surface area contributed by atoms with Gasteiger partial charge in [0.1, 0.15) is 11.4 Å². The summed E-state index contributed by atoms with van der Waals surface area (Å²) in [5.74, 6) is -0.200. The molecule has 120 valence electrons. The quantitative estimate of drug-likeness (QED) is 0.764. The average Bonchev–Trinajstić information content (AvgIpc) is 2.92. The highest BCUT2D eigenvalue weighted by molar-refractivity contribution is 5.54. The van der Waals surface area contributed by atoms with E-state index in [1.54, 1.807) is 24.5 Å². The minimum atomic E-state index is -1.11. The molecule has 2 unspecified atom stereocenters. The van der Waals surface area contributed by atoms with E-state index in [9.17, 15) is 9.50 Å². The Morgan fingerprint density at radius 2 is 1.75 bits per heavy atom. The highest BCUT2D eigenvalue weighted by atomic mass is 19.1. The molecular weight excluding hydrogens is 301 g/mol. The first-order valence-electron chi connectivity index (χ1n) is 8.08. The number of hydrogen-bond acceptors (Lipinski definition) is 2. The van der Waals surface area contributed by atoms with E-state index < -0.39 is 5.60 Å². The van der Waals surface area contributed by atoms with Gasteiger partial charge in [0.05, 0.1) is 0 Å². The molecule has 1 heterocycles. The van der Waals surface area contributed by atoms with Crippen molar-refractivity contribution in [3.05, 3.63) is 101 Å². The number of aliphatic hydroxyl groups is 1. The molecule has 2 nitrogen and oxygen atoms in total. The van der Waals surface area contributed by atoms with Gasteiger partial charge in [0, 0.05) is 18.3 Å². The predicted octanol–water partition coefficient (Wildman–Crippen LogP) is 4.30. The van der Waals surface area contributed by atoms with Gasteiger partial charge in [-0.05, 0) is 65.4 Å². The second-order valence-electron chi connectivity index (χ2n) is 6.44. The Morgan fingerprint density at radius 3 is 2.46 bits per heavy atom. The number of aromatic nitrogens is 1. The maximum Gasteiger partial charge on any atom is 0.123 e. The second kappa shape index (κ2) is 5.53. The van der Waals surface area contributed by atoms with Crippen LogP contribution in [0, 0.1) is 12.7 Å². The standard InChI is InChI=1S/C21H18FNO/c1-14-3-2-4-18-19(15-9-11-23-12-10-15)13-21(24,20(14)18)16-5-7-17(22)8-6-16/h2-12,19,24H,13H2,1H3. The van der Waals surface area contributed by atoms with Crippen molar-refractivity contribution in [2.45, 2.75) is 24.9 Å². The van der Waals surface area contributed by atoms with Crippen molar-refractivity contribution < 1.29 is 9.50 Å². The van der Waals surface area contributed by atoms with Gasteiger partial charge < -0.3 is 5.11 Å². The fourth-order valence-corrected chi connectivity index (χ4v) is 3.93. The Balaban J connectivity index is 1.91. The maximum absolute atomic E-state index is 13.3. The van der Waals surface area contributed by atoms with Gasteiger partial charge in [-0.3, -0.25) is 4.98 Å². The van der Waals surface area contributed by atoms with E-state index in [-0.39, 0.29) is 11.7 Å². The van der Waals surface area contributed by atoms with Crippen LogP contribution in [0.1, 0.15) is 40.2 Å². The van der Waals surface area contributed by atoms with Gasteiger partial charge in [-0.1, -0.05) is 30.3 Å². The monoisotopic (exact) mass is 319 g/mol. The van der Waals surface area contributed by atoms with E-state index in [4.69, 9.17) is 0 Å². The Morgan fingerprint density at radius 1 is 1.04 bits per heavy atom. The van der Waals surface area contributed by atoms with E-state index in [0.717, 1.165) is 27.8 Å². The number of nitrogens with zero attached hydrogens (tertiary/aromatic N) is 1. The van der Waals surface area contributed by atoms with Gasteiger partial charge in [-0.15, -0.1) is 0 Å². The lowest BCUT2D eigenvalue weighted by molar-refractivity contribution is 0.0790. The number of aryl methyl sites for hydroxylation is 1. The van der Waals surface area contributed by atoms with Crippen molar-refractivity contribution in [3.63, 3.8) is 0 Å². The van der Waals surface area contributed by atoms with Crippen molar-refractivity contribution >= 4 is 0 Å². The van der Waals surface area contributed by atoms with E-state index in [0.29, 0.717) is 6.42 Å². The topological polar surface area (TPSA) is 33.1 Å². The molecule has 2 atom stereocenters. The number of fused-ring (bicyclic) bond motifs is 1. The summed E-state index contributed by atoms with van der Waals surface area (Å²) in [5.41, 5.74) is 3.88. The van der Waals surface area contributed by atoms with Crippen molar-refractivity contribution in [2.24, 2.45) is 0 Å². The van der Waals surface area contributed by atoms with Crippen LogP contribution in [0.15, 0.2) is 67.0 Å². The molecule has 24 heavy (non-hydrogen) atoms. The first-order chi connectivity index (χ1) is 11.6. The van der Waals surface area contributed by atoms with Gasteiger partial charge in [0.2, 0.25) is 0 Å². The van der Waals surface area contributed by atoms with Crippen molar-refractivity contribution in [1.29, 1.82) is 0 Å². The molecule has 0 fully saturated rings. The van der Waals surface area contributed by atoms with Crippen LogP contribution in [0.4, 0.5) is 4.39 Å². The molecule has 1 aromatic heterocycles. The molecular formula is C21H18FNO. The van der Waals surface area contributed by atoms with Crippen LogP contribution in [0.25, 0.3) is 0 Å². The smallest absolute Gasteiger partial charge is 0.123 e. The normalized spacial score (nSPS) is 22.4. The Bertz CT molecular complexity index is 876. The summed E-state index contributed by atoms with van der Waals surface area (Å²) in [6.07, 6.45) is 4.10. The fraction of sp³-hybridized carbons (Fsp3) is 0.190. The SMILES string of the molecule is Cc1cccc2c1C(O)(c1ccc(F)cc1)CC2c1ccncc1.